The van der Waals surface area contributed by atoms with Gasteiger partial charge in [0.15, 0.2) is 0 Å². The minimum Gasteiger partial charge on any atom is -0.388 e. The van der Waals surface area contributed by atoms with Gasteiger partial charge in [0.1, 0.15) is 0 Å². The summed E-state index contributed by atoms with van der Waals surface area (Å²) in [4.78, 5) is 0. The molecule has 2 aromatic rings. The van der Waals surface area contributed by atoms with Gasteiger partial charge in [-0.2, -0.15) is 0 Å². The van der Waals surface area contributed by atoms with Crippen LogP contribution in [0.3, 0.4) is 0 Å². The number of aliphatic hydroxyl groups excluding tert-OH is 1. The molecule has 0 heterocycles. The highest BCUT2D eigenvalue weighted by atomic mass is 35.5. The molecule has 0 aliphatic carbocycles. The number of benzene rings is 2. The molecule has 2 aromatic carbocycles. The van der Waals surface area contributed by atoms with Crippen molar-refractivity contribution in [3.63, 3.8) is 0 Å². The summed E-state index contributed by atoms with van der Waals surface area (Å²) in [5.74, 6) is -0.281. The number of hydrogen-bond donors (Lipinski definition) is 2. The second kappa shape index (κ2) is 6.99. The molecule has 0 aliphatic rings. The van der Waals surface area contributed by atoms with Crippen LogP contribution < -0.4 is 5.73 Å². The number of hydrogen-bond acceptors (Lipinski definition) is 2. The zero-order chi connectivity index (χ0) is 15.6. The van der Waals surface area contributed by atoms with Crippen molar-refractivity contribution in [3.05, 3.63) is 68.2 Å². The maximum atomic E-state index is 10.7. The normalized spacial score (nSPS) is 14.0. The van der Waals surface area contributed by atoms with Crippen molar-refractivity contribution in [2.24, 2.45) is 5.73 Å². The van der Waals surface area contributed by atoms with Crippen molar-refractivity contribution < 1.29 is 5.11 Å². The summed E-state index contributed by atoms with van der Waals surface area (Å²) in [5.41, 5.74) is 8.32. The highest BCUT2D eigenvalue weighted by Crippen LogP contribution is 2.36. The molecule has 0 aliphatic heterocycles. The molecule has 21 heavy (non-hydrogen) atoms. The first-order chi connectivity index (χ1) is 9.95. The average Bonchev–Trinajstić information content (AvgIpc) is 2.46. The monoisotopic (exact) mass is 343 g/mol. The summed E-state index contributed by atoms with van der Waals surface area (Å²) in [5, 5.41) is 12.2. The molecule has 0 bridgehead atoms. The summed E-state index contributed by atoms with van der Waals surface area (Å²) < 4.78 is 0. The molecule has 0 fully saturated rings. The number of rotatable bonds is 4. The molecule has 0 amide bonds. The fraction of sp³-hybridized carbons (Fsp3) is 0.250. The second-order valence-electron chi connectivity index (χ2n) is 4.91. The molecule has 3 N–H and O–H groups in total. The lowest BCUT2D eigenvalue weighted by atomic mass is 9.87. The van der Waals surface area contributed by atoms with E-state index in [4.69, 9.17) is 40.5 Å². The third-order valence-corrected chi connectivity index (χ3v) is 4.78. The Morgan fingerprint density at radius 1 is 1.05 bits per heavy atom. The highest BCUT2D eigenvalue weighted by molar-refractivity contribution is 6.42. The lowest BCUT2D eigenvalue weighted by molar-refractivity contribution is 0.147. The number of nitrogens with two attached hydrogens (primary N) is 1. The van der Waals surface area contributed by atoms with E-state index in [1.54, 1.807) is 18.2 Å². The Kier molecular flexibility index (Phi) is 5.53. The molecule has 0 saturated heterocycles. The maximum Gasteiger partial charge on any atom is 0.0873 e. The van der Waals surface area contributed by atoms with Gasteiger partial charge in [0.05, 0.1) is 16.1 Å². The second-order valence-corrected chi connectivity index (χ2v) is 6.14. The van der Waals surface area contributed by atoms with Crippen LogP contribution in [0.5, 0.6) is 0 Å². The Morgan fingerprint density at radius 3 is 2.38 bits per heavy atom. The summed E-state index contributed by atoms with van der Waals surface area (Å²) in [6.45, 7) is 2.16. The summed E-state index contributed by atoms with van der Waals surface area (Å²) in [6.07, 6.45) is -0.758. The summed E-state index contributed by atoms with van der Waals surface area (Å²) >= 11 is 18.1. The van der Waals surface area contributed by atoms with Gasteiger partial charge in [-0.05, 0) is 41.8 Å². The molecule has 2 unspecified atom stereocenters. The van der Waals surface area contributed by atoms with E-state index in [0.29, 0.717) is 15.1 Å². The van der Waals surface area contributed by atoms with Crippen molar-refractivity contribution in [3.8, 4) is 0 Å². The molecule has 2 nitrogen and oxygen atoms in total. The molecule has 0 radical (unpaired) electrons. The van der Waals surface area contributed by atoms with E-state index in [2.05, 4.69) is 0 Å². The quantitative estimate of drug-likeness (QED) is 0.842. The van der Waals surface area contributed by atoms with E-state index in [1.807, 2.05) is 25.1 Å². The number of aliphatic hydroxyl groups is 1. The van der Waals surface area contributed by atoms with Crippen LogP contribution in [0.2, 0.25) is 15.1 Å². The van der Waals surface area contributed by atoms with Crippen LogP contribution in [0, 0.1) is 6.92 Å². The van der Waals surface area contributed by atoms with Crippen molar-refractivity contribution in [2.75, 3.05) is 6.54 Å². The van der Waals surface area contributed by atoms with E-state index < -0.39 is 6.10 Å². The van der Waals surface area contributed by atoms with Crippen LogP contribution in [-0.4, -0.2) is 11.7 Å². The molecule has 0 spiro atoms. The first-order valence-corrected chi connectivity index (χ1v) is 7.67. The van der Waals surface area contributed by atoms with E-state index >= 15 is 0 Å². The van der Waals surface area contributed by atoms with Gasteiger partial charge in [-0.15, -0.1) is 0 Å². The van der Waals surface area contributed by atoms with Crippen LogP contribution in [0.4, 0.5) is 0 Å². The van der Waals surface area contributed by atoms with Crippen molar-refractivity contribution >= 4 is 34.8 Å². The van der Waals surface area contributed by atoms with Gasteiger partial charge in [-0.25, -0.2) is 0 Å². The minimum atomic E-state index is -0.758. The standard InChI is InChI=1S/C16H16Cl3NO/c1-9-11(3-2-4-13(9)17)16(21)12(8-20)10-5-6-14(18)15(19)7-10/h2-7,12,16,21H,8,20H2,1H3. The predicted octanol–water partition coefficient (Wildman–Crippen LogP) is 4.73. The largest absolute Gasteiger partial charge is 0.388 e. The predicted molar refractivity (Wildman–Crippen MR) is 89.4 cm³/mol. The minimum absolute atomic E-state index is 0.281. The Bertz CT molecular complexity index is 645. The molecule has 0 aromatic heterocycles. The molecule has 2 rings (SSSR count). The van der Waals surface area contributed by atoms with Crippen LogP contribution in [0.1, 0.15) is 28.7 Å². The van der Waals surface area contributed by atoms with Gasteiger partial charge in [-0.3, -0.25) is 0 Å². The Balaban J connectivity index is 2.40. The molecule has 2 atom stereocenters. The first kappa shape index (κ1) is 16.6. The lowest BCUT2D eigenvalue weighted by Crippen LogP contribution is -2.21. The molecular weight excluding hydrogens is 329 g/mol. The van der Waals surface area contributed by atoms with E-state index in [1.165, 1.54) is 0 Å². The van der Waals surface area contributed by atoms with Crippen LogP contribution in [0.25, 0.3) is 0 Å². The lowest BCUT2D eigenvalue weighted by Gasteiger charge is -2.24. The van der Waals surface area contributed by atoms with E-state index in [9.17, 15) is 5.11 Å². The van der Waals surface area contributed by atoms with Crippen molar-refractivity contribution in [2.45, 2.75) is 18.9 Å². The zero-order valence-electron chi connectivity index (χ0n) is 11.5. The smallest absolute Gasteiger partial charge is 0.0873 e. The third-order valence-electron chi connectivity index (χ3n) is 3.64. The van der Waals surface area contributed by atoms with Gasteiger partial charge in [0.2, 0.25) is 0 Å². The van der Waals surface area contributed by atoms with Gasteiger partial charge < -0.3 is 10.8 Å². The fourth-order valence-corrected chi connectivity index (χ4v) is 2.84. The summed E-state index contributed by atoms with van der Waals surface area (Å²) in [6, 6.07) is 10.7. The van der Waals surface area contributed by atoms with Gasteiger partial charge >= 0.3 is 0 Å². The van der Waals surface area contributed by atoms with Crippen LogP contribution in [-0.2, 0) is 0 Å². The van der Waals surface area contributed by atoms with Gasteiger partial charge in [-0.1, -0.05) is 53.0 Å². The SMILES string of the molecule is Cc1c(Cl)cccc1C(O)C(CN)c1ccc(Cl)c(Cl)c1. The summed E-state index contributed by atoms with van der Waals surface area (Å²) in [7, 11) is 0. The van der Waals surface area contributed by atoms with Crippen molar-refractivity contribution in [1.82, 2.24) is 0 Å². The third kappa shape index (κ3) is 3.53. The Morgan fingerprint density at radius 2 is 1.76 bits per heavy atom. The van der Waals surface area contributed by atoms with Crippen LogP contribution in [0.15, 0.2) is 36.4 Å². The zero-order valence-corrected chi connectivity index (χ0v) is 13.8. The van der Waals surface area contributed by atoms with Crippen molar-refractivity contribution in [1.29, 1.82) is 0 Å². The fourth-order valence-electron chi connectivity index (χ4n) is 2.35. The Labute approximate surface area is 139 Å². The van der Waals surface area contributed by atoms with E-state index in [0.717, 1.165) is 16.7 Å². The van der Waals surface area contributed by atoms with Crippen LogP contribution >= 0.6 is 34.8 Å². The molecule has 0 saturated carbocycles. The average molecular weight is 345 g/mol. The molecular formula is C16H16Cl3NO. The highest BCUT2D eigenvalue weighted by Gasteiger charge is 2.24. The van der Waals surface area contributed by atoms with Gasteiger partial charge in [0.25, 0.3) is 0 Å². The topological polar surface area (TPSA) is 46.2 Å². The molecule has 112 valence electrons. The maximum absolute atomic E-state index is 10.7. The number of halogens is 3. The van der Waals surface area contributed by atoms with E-state index in [-0.39, 0.29) is 12.5 Å². The van der Waals surface area contributed by atoms with Gasteiger partial charge in [0, 0.05) is 17.5 Å². The Hall–Kier alpha value is -0.770. The first-order valence-electron chi connectivity index (χ1n) is 6.53. The molecule has 5 heteroatoms.